The molecule has 4 N–H and O–H groups in total. The Labute approximate surface area is 314 Å². The van der Waals surface area contributed by atoms with Crippen LogP contribution in [0.15, 0.2) is 91.3 Å². The second-order valence-electron chi connectivity index (χ2n) is 13.4. The molecule has 1 atom stereocenters. The second kappa shape index (κ2) is 16.7. The fourth-order valence-electron chi connectivity index (χ4n) is 6.75. The predicted molar refractivity (Wildman–Crippen MR) is 200 cm³/mol. The molecule has 2 aliphatic rings. The number of alkyl halides is 3. The highest BCUT2D eigenvalue weighted by atomic mass is 19.4. The summed E-state index contributed by atoms with van der Waals surface area (Å²) in [5, 5.41) is 28.6. The Morgan fingerprint density at radius 2 is 1.64 bits per heavy atom. The molecule has 2 saturated heterocycles. The number of piperazine rings is 1. The molecule has 0 aliphatic carbocycles. The molecule has 0 spiro atoms. The lowest BCUT2D eigenvalue weighted by atomic mass is 9.95. The number of fused-ring (bicyclic) bond motifs is 1. The van der Waals surface area contributed by atoms with Gasteiger partial charge in [-0.15, -0.1) is 0 Å². The maximum atomic E-state index is 10.6. The van der Waals surface area contributed by atoms with Gasteiger partial charge < -0.3 is 20.4 Å². The smallest absolute Gasteiger partial charge is 0.475 e. The fraction of sp³-hybridized carbons (Fsp3) is 0.308. The summed E-state index contributed by atoms with van der Waals surface area (Å²) < 4.78 is 31.7. The summed E-state index contributed by atoms with van der Waals surface area (Å²) in [6.07, 6.45) is 0.624. The van der Waals surface area contributed by atoms with Gasteiger partial charge in [-0.05, 0) is 55.3 Å². The van der Waals surface area contributed by atoms with Gasteiger partial charge in [0.1, 0.15) is 11.5 Å². The number of nitrogens with one attached hydrogen (secondary N) is 2. The Bertz CT molecular complexity index is 2200. The molecule has 8 rings (SSSR count). The van der Waals surface area contributed by atoms with Crippen molar-refractivity contribution in [1.29, 1.82) is 0 Å². The van der Waals surface area contributed by atoms with Gasteiger partial charge in [0.05, 0.1) is 12.3 Å². The number of carbonyl (C=O) groups is 1. The number of aromatic nitrogens is 7. The normalized spacial score (nSPS) is 16.8. The summed E-state index contributed by atoms with van der Waals surface area (Å²) in [6, 6.07) is 27.1. The van der Waals surface area contributed by atoms with Crippen molar-refractivity contribution in [3.8, 4) is 33.9 Å². The average molecular weight is 753 g/mol. The number of piperidine rings is 1. The van der Waals surface area contributed by atoms with Crippen LogP contribution in [0.2, 0.25) is 0 Å². The number of likely N-dealkylation sites (tertiary alicyclic amines) is 1. The van der Waals surface area contributed by atoms with Crippen molar-refractivity contribution in [3.05, 3.63) is 103 Å². The number of aromatic amines is 1. The largest absolute Gasteiger partial charge is 0.490 e. The number of H-pyrrole nitrogens is 1. The van der Waals surface area contributed by atoms with E-state index in [-0.39, 0.29) is 12.6 Å². The molecule has 4 aromatic heterocycles. The van der Waals surface area contributed by atoms with E-state index in [1.807, 2.05) is 30.5 Å². The average Bonchev–Trinajstić information content (AvgIpc) is 3.72. The lowest BCUT2D eigenvalue weighted by Crippen LogP contribution is -2.52. The molecule has 6 heterocycles. The highest BCUT2D eigenvalue weighted by molar-refractivity contribution is 5.90. The Morgan fingerprint density at radius 3 is 2.33 bits per heavy atom. The fourth-order valence-corrected chi connectivity index (χ4v) is 6.75. The summed E-state index contributed by atoms with van der Waals surface area (Å²) in [7, 11) is 0. The number of halogens is 3. The van der Waals surface area contributed by atoms with Crippen LogP contribution < -0.4 is 10.2 Å². The molecule has 2 fully saturated rings. The Morgan fingerprint density at radius 1 is 0.891 bits per heavy atom. The highest BCUT2D eigenvalue weighted by Crippen LogP contribution is 2.34. The molecule has 6 aromatic rings. The van der Waals surface area contributed by atoms with Crippen LogP contribution in [-0.4, -0.2) is 108 Å². The zero-order valence-corrected chi connectivity index (χ0v) is 29.7. The zero-order chi connectivity index (χ0) is 38.4. The van der Waals surface area contributed by atoms with Gasteiger partial charge in [-0.3, -0.25) is 15.0 Å². The van der Waals surface area contributed by atoms with E-state index < -0.39 is 12.1 Å². The lowest BCUT2D eigenvalue weighted by molar-refractivity contribution is -0.192. The third-order valence-corrected chi connectivity index (χ3v) is 9.65. The third-order valence-electron chi connectivity index (χ3n) is 9.65. The van der Waals surface area contributed by atoms with Crippen molar-refractivity contribution in [1.82, 2.24) is 45.3 Å². The van der Waals surface area contributed by atoms with Crippen molar-refractivity contribution in [2.75, 3.05) is 44.2 Å². The molecule has 55 heavy (non-hydrogen) atoms. The van der Waals surface area contributed by atoms with Crippen molar-refractivity contribution < 1.29 is 28.2 Å². The van der Waals surface area contributed by atoms with Crippen molar-refractivity contribution in [2.45, 2.75) is 37.5 Å². The van der Waals surface area contributed by atoms with Crippen LogP contribution in [0.25, 0.3) is 44.9 Å². The Hall–Kier alpha value is -5.84. The van der Waals surface area contributed by atoms with E-state index in [1.54, 1.807) is 6.20 Å². The molecule has 2 aromatic carbocycles. The molecule has 13 nitrogen and oxygen atoms in total. The lowest BCUT2D eigenvalue weighted by Gasteiger charge is -2.32. The molecule has 0 unspecified atom stereocenters. The van der Waals surface area contributed by atoms with Gasteiger partial charge in [0, 0.05) is 67.0 Å². The molecule has 2 aliphatic heterocycles. The van der Waals surface area contributed by atoms with E-state index in [4.69, 9.17) is 24.9 Å². The molecule has 0 amide bonds. The molecule has 0 saturated carbocycles. The number of rotatable bonds is 8. The van der Waals surface area contributed by atoms with E-state index in [9.17, 15) is 18.3 Å². The highest BCUT2D eigenvalue weighted by Gasteiger charge is 2.38. The monoisotopic (exact) mass is 752 g/mol. The van der Waals surface area contributed by atoms with Crippen LogP contribution >= 0.6 is 0 Å². The second-order valence-corrected chi connectivity index (χ2v) is 13.4. The van der Waals surface area contributed by atoms with Gasteiger partial charge in [0.2, 0.25) is 5.95 Å². The standard InChI is InChI=1S/C37H38N10O.C2HF3O2/c48-24-30-23-47(19-16-38-30)37-40-21-29-20-31(26-6-2-1-3-7-26)33(41-34(29)43-37)27-11-9-25(10-12-27)22-46-17-13-28(14-18-46)35-42-36(45-44-35)32-8-4-5-15-39-32;3-2(4,5)1(6)7/h1-12,15,20-21,28,30,38,48H,13-14,16-19,22-24H2,(H,42,44,45);(H,6,7)/t30-;/m0./s1. The first-order valence-corrected chi connectivity index (χ1v) is 17.9. The van der Waals surface area contributed by atoms with E-state index >= 15 is 0 Å². The summed E-state index contributed by atoms with van der Waals surface area (Å²) >= 11 is 0. The summed E-state index contributed by atoms with van der Waals surface area (Å²) in [4.78, 5) is 37.4. The minimum Gasteiger partial charge on any atom is -0.475 e. The van der Waals surface area contributed by atoms with E-state index in [0.717, 1.165) is 84.9 Å². The quantitative estimate of drug-likeness (QED) is 0.158. The zero-order valence-electron chi connectivity index (χ0n) is 29.7. The summed E-state index contributed by atoms with van der Waals surface area (Å²) in [5.41, 5.74) is 6.84. The number of carboxylic acids is 1. The van der Waals surface area contributed by atoms with E-state index in [0.29, 0.717) is 29.9 Å². The molecular weight excluding hydrogens is 713 g/mol. The molecule has 0 bridgehead atoms. The molecule has 284 valence electrons. The van der Waals surface area contributed by atoms with Gasteiger partial charge in [0.15, 0.2) is 11.5 Å². The Kier molecular flexibility index (Phi) is 11.4. The minimum absolute atomic E-state index is 0.00566. The first-order chi connectivity index (χ1) is 26.6. The number of pyridine rings is 2. The van der Waals surface area contributed by atoms with Gasteiger partial charge in [-0.25, -0.2) is 19.7 Å². The number of carboxylic acid groups (broad SMARTS) is 1. The minimum atomic E-state index is -5.08. The molecule has 16 heteroatoms. The van der Waals surface area contributed by atoms with Gasteiger partial charge in [-0.1, -0.05) is 60.7 Å². The van der Waals surface area contributed by atoms with Gasteiger partial charge in [0.25, 0.3) is 0 Å². The SMILES string of the molecule is O=C(O)C(F)(F)F.OC[C@@H]1CN(c2ncc3cc(-c4ccccc4)c(-c4ccc(CN5CCC(c6nc(-c7ccccn7)n[nH]6)CC5)cc4)nc3n2)CCN1. The van der Waals surface area contributed by atoms with Crippen LogP contribution in [0.3, 0.4) is 0 Å². The summed E-state index contributed by atoms with van der Waals surface area (Å²) in [5.74, 6) is -0.127. The maximum Gasteiger partial charge on any atom is 0.490 e. The molecule has 0 radical (unpaired) electrons. The summed E-state index contributed by atoms with van der Waals surface area (Å²) in [6.45, 7) is 5.20. The number of benzene rings is 2. The molecular formula is C39H39F3N10O3. The van der Waals surface area contributed by atoms with Crippen molar-refractivity contribution in [2.24, 2.45) is 0 Å². The van der Waals surface area contributed by atoms with Gasteiger partial charge >= 0.3 is 12.1 Å². The van der Waals surface area contributed by atoms with Crippen LogP contribution in [0.5, 0.6) is 0 Å². The third kappa shape index (κ3) is 9.11. The van der Waals surface area contributed by atoms with Crippen LogP contribution in [0.1, 0.15) is 30.1 Å². The number of hydrogen-bond acceptors (Lipinski definition) is 11. The first kappa shape index (κ1) is 37.5. The Balaban J connectivity index is 0.000000609. The van der Waals surface area contributed by atoms with Gasteiger partial charge in [-0.2, -0.15) is 23.3 Å². The number of aliphatic hydroxyl groups excluding tert-OH is 1. The number of hydrogen-bond donors (Lipinski definition) is 4. The topological polar surface area (TPSA) is 169 Å². The number of aliphatic carboxylic acids is 1. The predicted octanol–water partition coefficient (Wildman–Crippen LogP) is 5.32. The van der Waals surface area contributed by atoms with Crippen molar-refractivity contribution >= 4 is 23.0 Å². The van der Waals surface area contributed by atoms with Crippen molar-refractivity contribution in [3.63, 3.8) is 0 Å². The first-order valence-electron chi connectivity index (χ1n) is 17.9. The van der Waals surface area contributed by atoms with E-state index in [1.165, 1.54) is 5.56 Å². The van der Waals surface area contributed by atoms with Crippen LogP contribution in [0, 0.1) is 0 Å². The number of nitrogens with zero attached hydrogens (tertiary/aromatic N) is 8. The number of aliphatic hydroxyl groups is 1. The number of anilines is 1. The van der Waals surface area contributed by atoms with Crippen LogP contribution in [0.4, 0.5) is 19.1 Å². The van der Waals surface area contributed by atoms with E-state index in [2.05, 4.69) is 89.9 Å². The van der Waals surface area contributed by atoms with Crippen LogP contribution in [-0.2, 0) is 11.3 Å². The maximum absolute atomic E-state index is 10.6.